The first kappa shape index (κ1) is 23.7. The van der Waals surface area contributed by atoms with Crippen LogP contribution in [0.15, 0.2) is 33.9 Å². The zero-order valence-corrected chi connectivity index (χ0v) is 19.9. The number of rotatable bonds is 9. The minimum Gasteiger partial charge on any atom is -0.383 e. The average molecular weight is 458 g/mol. The fraction of sp³-hybridized carbons (Fsp3) is 0.478. The first-order valence-corrected chi connectivity index (χ1v) is 11.8. The van der Waals surface area contributed by atoms with Crippen LogP contribution in [0.4, 0.5) is 11.5 Å². The Balaban J connectivity index is 1.82. The number of hydrogen-bond acceptors (Lipinski definition) is 6. The van der Waals surface area contributed by atoms with E-state index in [4.69, 9.17) is 5.73 Å². The van der Waals surface area contributed by atoms with E-state index < -0.39 is 11.2 Å². The van der Waals surface area contributed by atoms with Crippen molar-refractivity contribution in [2.24, 2.45) is 11.8 Å². The van der Waals surface area contributed by atoms with E-state index in [1.807, 2.05) is 52.0 Å². The second-order valence-electron chi connectivity index (χ2n) is 8.82. The maximum absolute atomic E-state index is 13.2. The van der Waals surface area contributed by atoms with Gasteiger partial charge < -0.3 is 10.6 Å². The number of carbonyl (C=O) groups excluding carboxylic acids is 1. The van der Waals surface area contributed by atoms with E-state index in [0.29, 0.717) is 25.9 Å². The lowest BCUT2D eigenvalue weighted by Gasteiger charge is -2.26. The molecule has 0 aliphatic rings. The van der Waals surface area contributed by atoms with Gasteiger partial charge in [0.2, 0.25) is 5.91 Å². The number of hydrogen-bond donors (Lipinski definition) is 2. The van der Waals surface area contributed by atoms with Crippen molar-refractivity contribution in [3.63, 3.8) is 0 Å². The molecule has 8 nitrogen and oxygen atoms in total. The molecule has 0 radical (unpaired) electrons. The number of para-hydroxylation sites is 1. The fourth-order valence-electron chi connectivity index (χ4n) is 3.62. The zero-order chi connectivity index (χ0) is 23.4. The molecule has 0 aliphatic carbocycles. The lowest BCUT2D eigenvalue weighted by atomic mass is 10.1. The molecule has 172 valence electrons. The molecule has 3 N–H and O–H groups in total. The molecule has 0 atom stereocenters. The monoisotopic (exact) mass is 457 g/mol. The molecule has 1 amide bonds. The number of nitrogens with one attached hydrogen (secondary N) is 1. The van der Waals surface area contributed by atoms with E-state index in [1.54, 1.807) is 11.3 Å². The van der Waals surface area contributed by atoms with Crippen LogP contribution in [-0.4, -0.2) is 27.0 Å². The molecule has 0 fully saturated rings. The summed E-state index contributed by atoms with van der Waals surface area (Å²) < 4.78 is 2.46. The number of anilines is 2. The lowest BCUT2D eigenvalue weighted by molar-refractivity contribution is -0.118. The molecule has 2 aromatic heterocycles. The maximum Gasteiger partial charge on any atom is 0.330 e. The summed E-state index contributed by atoms with van der Waals surface area (Å²) in [6, 6.07) is 7.96. The van der Waals surface area contributed by atoms with Crippen LogP contribution >= 0.6 is 11.3 Å². The number of aryl methyl sites for hydroxylation is 1. The third-order valence-electron chi connectivity index (χ3n) is 5.00. The van der Waals surface area contributed by atoms with E-state index in [0.717, 1.165) is 15.2 Å². The van der Waals surface area contributed by atoms with Crippen molar-refractivity contribution < 1.29 is 4.79 Å². The first-order valence-electron chi connectivity index (χ1n) is 10.9. The van der Waals surface area contributed by atoms with Crippen molar-refractivity contribution in [2.45, 2.75) is 53.5 Å². The van der Waals surface area contributed by atoms with Gasteiger partial charge in [-0.2, -0.15) is 0 Å². The molecule has 3 rings (SSSR count). The predicted molar refractivity (Wildman–Crippen MR) is 130 cm³/mol. The number of benzene rings is 1. The second kappa shape index (κ2) is 10.1. The predicted octanol–water partition coefficient (Wildman–Crippen LogP) is 3.40. The van der Waals surface area contributed by atoms with E-state index in [2.05, 4.69) is 9.97 Å². The highest BCUT2D eigenvalue weighted by atomic mass is 32.1. The van der Waals surface area contributed by atoms with Gasteiger partial charge in [0, 0.05) is 19.5 Å². The van der Waals surface area contributed by atoms with Crippen LogP contribution in [0.25, 0.3) is 10.2 Å². The Morgan fingerprint density at radius 3 is 2.56 bits per heavy atom. The van der Waals surface area contributed by atoms with E-state index >= 15 is 0 Å². The number of fused-ring (bicyclic) bond motifs is 1. The second-order valence-corrected chi connectivity index (χ2v) is 9.94. The summed E-state index contributed by atoms with van der Waals surface area (Å²) in [5.74, 6) is 0.115. The smallest absolute Gasteiger partial charge is 0.330 e. The molecule has 0 spiro atoms. The third-order valence-corrected chi connectivity index (χ3v) is 6.10. The van der Waals surface area contributed by atoms with Gasteiger partial charge in [-0.15, -0.1) is 11.3 Å². The normalized spacial score (nSPS) is 11.6. The number of nitrogen functional groups attached to an aromatic ring is 1. The Kier molecular flexibility index (Phi) is 7.50. The van der Waals surface area contributed by atoms with E-state index in [1.165, 1.54) is 9.47 Å². The number of nitrogens with two attached hydrogens (primary N) is 1. The van der Waals surface area contributed by atoms with Gasteiger partial charge in [0.05, 0.1) is 15.2 Å². The van der Waals surface area contributed by atoms with Crippen molar-refractivity contribution in [1.82, 2.24) is 14.5 Å². The van der Waals surface area contributed by atoms with E-state index in [-0.39, 0.29) is 35.7 Å². The number of aromatic amines is 1. The van der Waals surface area contributed by atoms with Crippen LogP contribution in [0, 0.1) is 11.8 Å². The molecular formula is C23H31N5O3S. The fourth-order valence-corrected chi connectivity index (χ4v) is 4.63. The van der Waals surface area contributed by atoms with Crippen molar-refractivity contribution in [1.29, 1.82) is 0 Å². The topological polar surface area (TPSA) is 114 Å². The Morgan fingerprint density at radius 1 is 1.19 bits per heavy atom. The highest BCUT2D eigenvalue weighted by molar-refractivity contribution is 7.18. The molecule has 0 saturated carbocycles. The number of carbonyl (C=O) groups is 1. The van der Waals surface area contributed by atoms with Crippen molar-refractivity contribution in [2.75, 3.05) is 17.2 Å². The summed E-state index contributed by atoms with van der Waals surface area (Å²) in [6.07, 6.45) is 1.54. The number of amides is 1. The summed E-state index contributed by atoms with van der Waals surface area (Å²) in [4.78, 5) is 46.5. The number of thiazole rings is 1. The van der Waals surface area contributed by atoms with Crippen LogP contribution < -0.4 is 21.9 Å². The number of H-pyrrole nitrogens is 1. The van der Waals surface area contributed by atoms with Crippen LogP contribution in [0.1, 0.15) is 45.5 Å². The quantitative estimate of drug-likeness (QED) is 0.511. The Labute approximate surface area is 191 Å². The summed E-state index contributed by atoms with van der Waals surface area (Å²) in [7, 11) is 0. The first-order chi connectivity index (χ1) is 15.2. The molecule has 0 aliphatic heterocycles. The van der Waals surface area contributed by atoms with Gasteiger partial charge in [0.15, 0.2) is 5.69 Å². The Morgan fingerprint density at radius 2 is 1.91 bits per heavy atom. The third kappa shape index (κ3) is 5.45. The molecule has 9 heteroatoms. The molecule has 0 saturated heterocycles. The lowest BCUT2D eigenvalue weighted by Crippen LogP contribution is -2.43. The van der Waals surface area contributed by atoms with Gasteiger partial charge in [-0.1, -0.05) is 39.8 Å². The summed E-state index contributed by atoms with van der Waals surface area (Å²) in [5, 5.41) is 0.984. The molecule has 32 heavy (non-hydrogen) atoms. The van der Waals surface area contributed by atoms with Crippen LogP contribution in [0.5, 0.6) is 0 Å². The van der Waals surface area contributed by atoms with Crippen LogP contribution in [-0.2, 0) is 17.8 Å². The van der Waals surface area contributed by atoms with Crippen molar-refractivity contribution >= 4 is 39.0 Å². The summed E-state index contributed by atoms with van der Waals surface area (Å²) in [5.41, 5.74) is 6.09. The Bertz CT molecular complexity index is 1180. The van der Waals surface area contributed by atoms with Gasteiger partial charge in [0.1, 0.15) is 5.82 Å². The molecule has 1 aromatic carbocycles. The number of nitrogens with zero attached hydrogens (tertiary/aromatic N) is 3. The highest BCUT2D eigenvalue weighted by Crippen LogP contribution is 2.24. The van der Waals surface area contributed by atoms with Crippen LogP contribution in [0.3, 0.4) is 0 Å². The number of aromatic nitrogens is 3. The minimum absolute atomic E-state index is 0.0348. The minimum atomic E-state index is -0.632. The van der Waals surface area contributed by atoms with Gasteiger partial charge in [-0.25, -0.2) is 9.78 Å². The van der Waals surface area contributed by atoms with Crippen LogP contribution in [0.2, 0.25) is 0 Å². The molecule has 3 aromatic rings. The molecular weight excluding hydrogens is 426 g/mol. The van der Waals surface area contributed by atoms with Crippen molar-refractivity contribution in [3.05, 3.63) is 50.1 Å². The summed E-state index contributed by atoms with van der Waals surface area (Å²) >= 11 is 1.63. The van der Waals surface area contributed by atoms with Gasteiger partial charge in [-0.05, 0) is 36.8 Å². The highest BCUT2D eigenvalue weighted by Gasteiger charge is 2.25. The van der Waals surface area contributed by atoms with Gasteiger partial charge >= 0.3 is 5.69 Å². The SMILES string of the molecule is CC(C)CN(C(=O)CCCc1nc2ccccc2s1)c1c(N)n(CC(C)C)c(=O)[nH]c1=O. The van der Waals surface area contributed by atoms with Gasteiger partial charge in [0.25, 0.3) is 5.56 Å². The largest absolute Gasteiger partial charge is 0.383 e. The van der Waals surface area contributed by atoms with Crippen molar-refractivity contribution in [3.8, 4) is 0 Å². The molecule has 0 bridgehead atoms. The van der Waals surface area contributed by atoms with E-state index in [9.17, 15) is 14.4 Å². The maximum atomic E-state index is 13.2. The Hall–Kier alpha value is -2.94. The standard InChI is InChI=1S/C23H31N5O3S/c1-14(2)12-27(20-21(24)28(13-15(3)4)23(31)26-22(20)30)19(29)11-7-10-18-25-16-8-5-6-9-17(16)32-18/h5-6,8-9,14-15H,7,10-13,24H2,1-4H3,(H,26,30,31). The molecule has 0 unspecified atom stereocenters. The van der Waals surface area contributed by atoms with Gasteiger partial charge in [-0.3, -0.25) is 19.1 Å². The summed E-state index contributed by atoms with van der Waals surface area (Å²) in [6.45, 7) is 8.54. The average Bonchev–Trinajstić information content (AvgIpc) is 3.12. The molecule has 2 heterocycles. The zero-order valence-electron chi connectivity index (χ0n) is 19.1.